The average molecular weight is 281 g/mol. The van der Waals surface area contributed by atoms with Gasteiger partial charge in [0.1, 0.15) is 5.01 Å². The topological polar surface area (TPSA) is 28.2 Å². The standard InChI is InChI=1S/C15H27N3S/c1-10-8-18(13(7-16-10)15(4,5)6)9-14-17-11(2)12(3)19-14/h10,13,16H,7-9H2,1-6H3. The molecule has 0 saturated carbocycles. The Bertz CT molecular complexity index is 414. The SMILES string of the molecule is Cc1nc(CN2CC(C)NCC2C(C)(C)C)sc1C. The smallest absolute Gasteiger partial charge is 0.107 e. The molecule has 2 atom stereocenters. The largest absolute Gasteiger partial charge is 0.311 e. The van der Waals surface area contributed by atoms with Crippen LogP contribution in [0.25, 0.3) is 0 Å². The van der Waals surface area contributed by atoms with Crippen molar-refractivity contribution in [2.75, 3.05) is 13.1 Å². The number of piperazine rings is 1. The Hall–Kier alpha value is -0.450. The summed E-state index contributed by atoms with van der Waals surface area (Å²) in [6, 6.07) is 1.15. The molecule has 108 valence electrons. The summed E-state index contributed by atoms with van der Waals surface area (Å²) in [5.74, 6) is 0. The van der Waals surface area contributed by atoms with Crippen molar-refractivity contribution < 1.29 is 0 Å². The van der Waals surface area contributed by atoms with Gasteiger partial charge in [0, 0.05) is 30.1 Å². The van der Waals surface area contributed by atoms with Crippen molar-refractivity contribution in [2.24, 2.45) is 5.41 Å². The Kier molecular flexibility index (Phi) is 4.33. The van der Waals surface area contributed by atoms with E-state index in [1.54, 1.807) is 0 Å². The van der Waals surface area contributed by atoms with E-state index in [-0.39, 0.29) is 0 Å². The first-order valence-electron chi connectivity index (χ1n) is 7.17. The summed E-state index contributed by atoms with van der Waals surface area (Å²) in [7, 11) is 0. The molecule has 0 aromatic carbocycles. The zero-order chi connectivity index (χ0) is 14.2. The molecule has 1 aromatic heterocycles. The Morgan fingerprint density at radius 1 is 1.37 bits per heavy atom. The lowest BCUT2D eigenvalue weighted by Crippen LogP contribution is -2.59. The van der Waals surface area contributed by atoms with Gasteiger partial charge in [-0.25, -0.2) is 4.98 Å². The minimum absolute atomic E-state index is 0.300. The molecule has 1 N–H and O–H groups in total. The number of rotatable bonds is 2. The molecule has 4 heteroatoms. The Morgan fingerprint density at radius 2 is 2.05 bits per heavy atom. The van der Waals surface area contributed by atoms with Gasteiger partial charge in [-0.15, -0.1) is 11.3 Å². The van der Waals surface area contributed by atoms with Crippen molar-refractivity contribution in [2.45, 2.75) is 60.2 Å². The highest BCUT2D eigenvalue weighted by Crippen LogP contribution is 2.28. The predicted octanol–water partition coefficient (Wildman–Crippen LogP) is 2.97. The van der Waals surface area contributed by atoms with Crippen molar-refractivity contribution in [3.63, 3.8) is 0 Å². The lowest BCUT2D eigenvalue weighted by molar-refractivity contribution is 0.0525. The fourth-order valence-corrected chi connectivity index (χ4v) is 3.75. The molecule has 2 rings (SSSR count). The van der Waals surface area contributed by atoms with E-state index in [0.717, 1.165) is 19.6 Å². The van der Waals surface area contributed by atoms with E-state index in [0.29, 0.717) is 17.5 Å². The molecule has 0 radical (unpaired) electrons. The van der Waals surface area contributed by atoms with Crippen LogP contribution in [0.1, 0.15) is 43.3 Å². The van der Waals surface area contributed by atoms with Crippen molar-refractivity contribution in [3.8, 4) is 0 Å². The molecule has 3 nitrogen and oxygen atoms in total. The molecule has 1 aliphatic rings. The van der Waals surface area contributed by atoms with Gasteiger partial charge in [-0.05, 0) is 26.2 Å². The molecule has 0 aliphatic carbocycles. The molecular weight excluding hydrogens is 254 g/mol. The van der Waals surface area contributed by atoms with Gasteiger partial charge in [-0.3, -0.25) is 4.90 Å². The van der Waals surface area contributed by atoms with E-state index in [9.17, 15) is 0 Å². The van der Waals surface area contributed by atoms with Crippen molar-refractivity contribution >= 4 is 11.3 Å². The molecule has 1 aromatic rings. The highest BCUT2D eigenvalue weighted by Gasteiger charge is 2.34. The minimum Gasteiger partial charge on any atom is -0.311 e. The maximum Gasteiger partial charge on any atom is 0.107 e. The highest BCUT2D eigenvalue weighted by molar-refractivity contribution is 7.11. The summed E-state index contributed by atoms with van der Waals surface area (Å²) < 4.78 is 0. The lowest BCUT2D eigenvalue weighted by atomic mass is 9.84. The first-order valence-corrected chi connectivity index (χ1v) is 7.99. The zero-order valence-corrected chi connectivity index (χ0v) is 13.9. The van der Waals surface area contributed by atoms with Crippen LogP contribution in [0.2, 0.25) is 0 Å². The second kappa shape index (κ2) is 5.51. The molecule has 2 heterocycles. The number of hydrogen-bond acceptors (Lipinski definition) is 4. The van der Waals surface area contributed by atoms with Crippen LogP contribution in [0.15, 0.2) is 0 Å². The fourth-order valence-electron chi connectivity index (χ4n) is 2.79. The van der Waals surface area contributed by atoms with E-state index < -0.39 is 0 Å². The van der Waals surface area contributed by atoms with E-state index >= 15 is 0 Å². The van der Waals surface area contributed by atoms with E-state index in [2.05, 4.69) is 51.8 Å². The van der Waals surface area contributed by atoms with Gasteiger partial charge >= 0.3 is 0 Å². The van der Waals surface area contributed by atoms with Gasteiger partial charge in [0.05, 0.1) is 12.2 Å². The number of nitrogens with one attached hydrogen (secondary N) is 1. The average Bonchev–Trinajstić information content (AvgIpc) is 2.56. The molecule has 1 saturated heterocycles. The Labute approximate surface area is 121 Å². The summed E-state index contributed by atoms with van der Waals surface area (Å²) in [5.41, 5.74) is 1.49. The summed E-state index contributed by atoms with van der Waals surface area (Å²) in [6.07, 6.45) is 0. The van der Waals surface area contributed by atoms with E-state index in [1.165, 1.54) is 15.6 Å². The Morgan fingerprint density at radius 3 is 2.58 bits per heavy atom. The van der Waals surface area contributed by atoms with Crippen molar-refractivity contribution in [1.82, 2.24) is 15.2 Å². The first kappa shape index (κ1) is 14.9. The monoisotopic (exact) mass is 281 g/mol. The number of aromatic nitrogens is 1. The van der Waals surface area contributed by atoms with Crippen LogP contribution in [0.3, 0.4) is 0 Å². The lowest BCUT2D eigenvalue weighted by Gasteiger charge is -2.45. The van der Waals surface area contributed by atoms with Crippen LogP contribution in [-0.2, 0) is 6.54 Å². The number of thiazole rings is 1. The third kappa shape index (κ3) is 3.56. The van der Waals surface area contributed by atoms with Crippen LogP contribution in [0, 0.1) is 19.3 Å². The first-order chi connectivity index (χ1) is 8.77. The van der Waals surface area contributed by atoms with Gasteiger partial charge in [0.25, 0.3) is 0 Å². The fraction of sp³-hybridized carbons (Fsp3) is 0.800. The molecular formula is C15H27N3S. The highest BCUT2D eigenvalue weighted by atomic mass is 32.1. The normalized spacial score (nSPS) is 25.8. The number of hydrogen-bond donors (Lipinski definition) is 1. The van der Waals surface area contributed by atoms with E-state index in [4.69, 9.17) is 4.98 Å². The third-order valence-corrected chi connectivity index (χ3v) is 5.08. The summed E-state index contributed by atoms with van der Waals surface area (Å²) >= 11 is 1.85. The number of nitrogens with zero attached hydrogens (tertiary/aromatic N) is 2. The summed E-state index contributed by atoms with van der Waals surface area (Å²) in [5, 5.41) is 4.87. The van der Waals surface area contributed by atoms with E-state index in [1.807, 2.05) is 11.3 Å². The van der Waals surface area contributed by atoms with Gasteiger partial charge in [0.2, 0.25) is 0 Å². The van der Waals surface area contributed by atoms with Gasteiger partial charge in [-0.2, -0.15) is 0 Å². The van der Waals surface area contributed by atoms with Crippen LogP contribution < -0.4 is 5.32 Å². The van der Waals surface area contributed by atoms with Crippen LogP contribution >= 0.6 is 11.3 Å². The molecule has 1 fully saturated rings. The summed E-state index contributed by atoms with van der Waals surface area (Å²) in [6.45, 7) is 16.7. The molecule has 2 unspecified atom stereocenters. The van der Waals surface area contributed by atoms with Crippen molar-refractivity contribution in [1.29, 1.82) is 0 Å². The van der Waals surface area contributed by atoms with Crippen LogP contribution in [0.4, 0.5) is 0 Å². The van der Waals surface area contributed by atoms with Crippen LogP contribution in [0.5, 0.6) is 0 Å². The molecule has 0 amide bonds. The van der Waals surface area contributed by atoms with Crippen LogP contribution in [-0.4, -0.2) is 35.1 Å². The minimum atomic E-state index is 0.300. The Balaban J connectivity index is 2.14. The molecule has 1 aliphatic heterocycles. The predicted molar refractivity (Wildman–Crippen MR) is 82.7 cm³/mol. The second-order valence-electron chi connectivity index (χ2n) is 6.87. The van der Waals surface area contributed by atoms with Gasteiger partial charge in [0.15, 0.2) is 0 Å². The van der Waals surface area contributed by atoms with Gasteiger partial charge < -0.3 is 5.32 Å². The second-order valence-corrected chi connectivity index (χ2v) is 8.16. The molecule has 0 bridgehead atoms. The zero-order valence-electron chi connectivity index (χ0n) is 13.1. The maximum absolute atomic E-state index is 4.70. The number of aryl methyl sites for hydroxylation is 2. The maximum atomic E-state index is 4.70. The third-order valence-electron chi connectivity index (χ3n) is 4.02. The quantitative estimate of drug-likeness (QED) is 0.903. The molecule has 0 spiro atoms. The van der Waals surface area contributed by atoms with Gasteiger partial charge in [-0.1, -0.05) is 20.8 Å². The van der Waals surface area contributed by atoms with Crippen molar-refractivity contribution in [3.05, 3.63) is 15.6 Å². The molecule has 19 heavy (non-hydrogen) atoms. The summed E-state index contributed by atoms with van der Waals surface area (Å²) in [4.78, 5) is 8.66.